The van der Waals surface area contributed by atoms with Crippen LogP contribution in [0.1, 0.15) is 37.6 Å². The molecule has 0 spiro atoms. The Morgan fingerprint density at radius 1 is 0.889 bits per heavy atom. The number of benzene rings is 2. The van der Waals surface area contributed by atoms with Crippen LogP contribution < -0.4 is 10.6 Å². The normalized spacial score (nSPS) is 10.9. The van der Waals surface area contributed by atoms with Crippen molar-refractivity contribution in [2.45, 2.75) is 33.1 Å². The molecule has 0 amide bonds. The van der Waals surface area contributed by atoms with Crippen LogP contribution in [0.15, 0.2) is 54.6 Å². The summed E-state index contributed by atoms with van der Waals surface area (Å²) in [6.45, 7) is 8.48. The van der Waals surface area contributed by atoms with Crippen LogP contribution in [0.2, 0.25) is 0 Å². The second-order valence-corrected chi connectivity index (χ2v) is 7.42. The minimum Gasteiger partial charge on any atom is -0.340 e. The molecule has 3 aromatic rings. The molecule has 27 heavy (non-hydrogen) atoms. The van der Waals surface area contributed by atoms with E-state index in [0.717, 1.165) is 11.4 Å². The van der Waals surface area contributed by atoms with E-state index < -0.39 is 0 Å². The fraction of sp³-hybridized carbons (Fsp3) is 0.227. The first-order chi connectivity index (χ1) is 12.9. The minimum absolute atomic E-state index is 0.0124. The molecule has 2 aromatic carbocycles. The molecule has 1 aromatic heterocycles. The predicted octanol–water partition coefficient (Wildman–Crippen LogP) is 5.44. The summed E-state index contributed by atoms with van der Waals surface area (Å²) >= 11 is 0. The monoisotopic (exact) mass is 357 g/mol. The summed E-state index contributed by atoms with van der Waals surface area (Å²) in [4.78, 5) is 9.03. The molecular formula is C22H23N5. The molecule has 0 aliphatic heterocycles. The lowest BCUT2D eigenvalue weighted by Crippen LogP contribution is -2.14. The van der Waals surface area contributed by atoms with E-state index in [1.165, 1.54) is 5.56 Å². The fourth-order valence-corrected chi connectivity index (χ4v) is 2.88. The number of nitrogens with zero attached hydrogens (tertiary/aromatic N) is 3. The van der Waals surface area contributed by atoms with Crippen LogP contribution in [0.4, 0.5) is 23.1 Å². The highest BCUT2D eigenvalue weighted by Crippen LogP contribution is 2.31. The van der Waals surface area contributed by atoms with Crippen molar-refractivity contribution in [3.05, 3.63) is 71.4 Å². The number of rotatable bonds is 4. The third-order valence-corrected chi connectivity index (χ3v) is 4.15. The van der Waals surface area contributed by atoms with Crippen molar-refractivity contribution in [2.75, 3.05) is 10.6 Å². The molecule has 0 saturated carbocycles. The first-order valence-electron chi connectivity index (χ1n) is 8.85. The molecule has 5 nitrogen and oxygen atoms in total. The molecule has 0 unspecified atom stereocenters. The third-order valence-electron chi connectivity index (χ3n) is 4.15. The molecule has 1 heterocycles. The number of anilines is 4. The molecule has 0 fully saturated rings. The average Bonchev–Trinajstić information content (AvgIpc) is 2.61. The number of para-hydroxylation sites is 2. The van der Waals surface area contributed by atoms with Crippen LogP contribution in [0.3, 0.4) is 0 Å². The zero-order valence-electron chi connectivity index (χ0n) is 16.0. The minimum atomic E-state index is 0.0124. The number of aromatic nitrogens is 2. The Hall–Kier alpha value is -3.39. The second kappa shape index (κ2) is 7.46. The molecule has 0 bridgehead atoms. The van der Waals surface area contributed by atoms with Crippen molar-refractivity contribution < 1.29 is 0 Å². The molecule has 3 rings (SSSR count). The SMILES string of the molecule is Cc1cc(Nc2ccccc2C(C)(C)C)nc(Nc2ccccc2C#N)n1. The molecule has 0 saturated heterocycles. The Balaban J connectivity index is 1.92. The lowest BCUT2D eigenvalue weighted by atomic mass is 9.86. The van der Waals surface area contributed by atoms with Gasteiger partial charge in [-0.05, 0) is 36.1 Å². The van der Waals surface area contributed by atoms with Crippen molar-refractivity contribution in [3.8, 4) is 6.07 Å². The Bertz CT molecular complexity index is 996. The van der Waals surface area contributed by atoms with Crippen molar-refractivity contribution in [1.82, 2.24) is 9.97 Å². The zero-order valence-corrected chi connectivity index (χ0v) is 16.0. The van der Waals surface area contributed by atoms with E-state index in [-0.39, 0.29) is 5.41 Å². The molecule has 0 aliphatic rings. The van der Waals surface area contributed by atoms with Gasteiger partial charge in [0.1, 0.15) is 11.9 Å². The predicted molar refractivity (Wildman–Crippen MR) is 110 cm³/mol. The molecule has 0 atom stereocenters. The van der Waals surface area contributed by atoms with Gasteiger partial charge in [0, 0.05) is 17.4 Å². The van der Waals surface area contributed by atoms with Crippen molar-refractivity contribution in [2.24, 2.45) is 0 Å². The number of aryl methyl sites for hydroxylation is 1. The summed E-state index contributed by atoms with van der Waals surface area (Å²) in [5.74, 6) is 1.16. The van der Waals surface area contributed by atoms with E-state index >= 15 is 0 Å². The summed E-state index contributed by atoms with van der Waals surface area (Å²) in [6, 6.07) is 19.6. The van der Waals surface area contributed by atoms with Crippen LogP contribution in [-0.4, -0.2) is 9.97 Å². The molecule has 0 radical (unpaired) electrons. The Morgan fingerprint density at radius 2 is 1.56 bits per heavy atom. The van der Waals surface area contributed by atoms with E-state index in [1.807, 2.05) is 43.3 Å². The van der Waals surface area contributed by atoms with Gasteiger partial charge in [-0.2, -0.15) is 10.2 Å². The van der Waals surface area contributed by atoms with Crippen LogP contribution >= 0.6 is 0 Å². The summed E-state index contributed by atoms with van der Waals surface area (Å²) in [7, 11) is 0. The van der Waals surface area contributed by atoms with Gasteiger partial charge in [0.05, 0.1) is 11.3 Å². The lowest BCUT2D eigenvalue weighted by molar-refractivity contribution is 0.592. The fourth-order valence-electron chi connectivity index (χ4n) is 2.88. The number of nitrogens with one attached hydrogen (secondary N) is 2. The second-order valence-electron chi connectivity index (χ2n) is 7.42. The van der Waals surface area contributed by atoms with E-state index in [0.29, 0.717) is 23.0 Å². The van der Waals surface area contributed by atoms with E-state index in [9.17, 15) is 5.26 Å². The zero-order chi connectivity index (χ0) is 19.4. The van der Waals surface area contributed by atoms with E-state index in [2.05, 4.69) is 59.6 Å². The quantitative estimate of drug-likeness (QED) is 0.650. The number of hydrogen-bond acceptors (Lipinski definition) is 5. The van der Waals surface area contributed by atoms with Gasteiger partial charge in [-0.3, -0.25) is 0 Å². The molecule has 0 aliphatic carbocycles. The lowest BCUT2D eigenvalue weighted by Gasteiger charge is -2.23. The number of nitriles is 1. The van der Waals surface area contributed by atoms with Crippen LogP contribution in [-0.2, 0) is 5.41 Å². The van der Waals surface area contributed by atoms with Gasteiger partial charge in [-0.15, -0.1) is 0 Å². The van der Waals surface area contributed by atoms with Crippen LogP contribution in [0.25, 0.3) is 0 Å². The van der Waals surface area contributed by atoms with Gasteiger partial charge in [0.15, 0.2) is 0 Å². The topological polar surface area (TPSA) is 73.6 Å². The van der Waals surface area contributed by atoms with Gasteiger partial charge in [0.2, 0.25) is 5.95 Å². The molecular weight excluding hydrogens is 334 g/mol. The molecule has 2 N–H and O–H groups in total. The highest BCUT2D eigenvalue weighted by atomic mass is 15.1. The van der Waals surface area contributed by atoms with Crippen LogP contribution in [0.5, 0.6) is 0 Å². The van der Waals surface area contributed by atoms with Gasteiger partial charge in [-0.1, -0.05) is 51.1 Å². The maximum atomic E-state index is 9.26. The molecule has 136 valence electrons. The highest BCUT2D eigenvalue weighted by molar-refractivity contribution is 5.66. The smallest absolute Gasteiger partial charge is 0.229 e. The first-order valence-corrected chi connectivity index (χ1v) is 8.85. The molecule has 5 heteroatoms. The van der Waals surface area contributed by atoms with Gasteiger partial charge in [-0.25, -0.2) is 4.98 Å². The average molecular weight is 357 g/mol. The Kier molecular flexibility index (Phi) is 5.09. The van der Waals surface area contributed by atoms with Gasteiger partial charge >= 0.3 is 0 Å². The summed E-state index contributed by atoms with van der Waals surface area (Å²) < 4.78 is 0. The summed E-state index contributed by atoms with van der Waals surface area (Å²) in [6.07, 6.45) is 0. The Morgan fingerprint density at radius 3 is 2.26 bits per heavy atom. The van der Waals surface area contributed by atoms with Gasteiger partial charge < -0.3 is 10.6 Å². The van der Waals surface area contributed by atoms with Crippen LogP contribution in [0, 0.1) is 18.3 Å². The standard InChI is InChI=1S/C22H23N5/c1-15-13-20(25-19-12-8-6-10-17(19)22(2,3)4)27-21(24-15)26-18-11-7-5-9-16(18)14-23/h5-13H,1-4H3,(H2,24,25,26,27). The van der Waals surface area contributed by atoms with E-state index in [1.54, 1.807) is 6.07 Å². The van der Waals surface area contributed by atoms with Crippen molar-refractivity contribution in [3.63, 3.8) is 0 Å². The number of hydrogen-bond donors (Lipinski definition) is 2. The maximum absolute atomic E-state index is 9.26. The Labute approximate surface area is 160 Å². The summed E-state index contributed by atoms with van der Waals surface area (Å²) in [5.41, 5.74) is 4.31. The largest absolute Gasteiger partial charge is 0.340 e. The third kappa shape index (κ3) is 4.42. The van der Waals surface area contributed by atoms with Gasteiger partial charge in [0.25, 0.3) is 0 Å². The van der Waals surface area contributed by atoms with E-state index in [4.69, 9.17) is 0 Å². The van der Waals surface area contributed by atoms with Crippen molar-refractivity contribution in [1.29, 1.82) is 5.26 Å². The highest BCUT2D eigenvalue weighted by Gasteiger charge is 2.18. The van der Waals surface area contributed by atoms with Crippen molar-refractivity contribution >= 4 is 23.1 Å². The maximum Gasteiger partial charge on any atom is 0.229 e. The first kappa shape index (κ1) is 18.4. The summed E-state index contributed by atoms with van der Waals surface area (Å²) in [5, 5.41) is 15.8.